The van der Waals surface area contributed by atoms with Crippen molar-refractivity contribution in [1.29, 1.82) is 0 Å². The molecule has 2 N–H and O–H groups in total. The van der Waals surface area contributed by atoms with E-state index >= 15 is 0 Å². The van der Waals surface area contributed by atoms with Crippen LogP contribution in [-0.4, -0.2) is 0 Å². The smallest absolute Gasteiger partial charge is 0.0412 e. The van der Waals surface area contributed by atoms with Gasteiger partial charge in [-0.1, -0.05) is 44.0 Å². The number of unbranched alkanes of at least 4 members (excludes halogenated alkanes) is 1. The van der Waals surface area contributed by atoms with Crippen LogP contribution in [0.3, 0.4) is 0 Å². The lowest BCUT2D eigenvalue weighted by Gasteiger charge is -2.36. The van der Waals surface area contributed by atoms with Gasteiger partial charge < -0.3 is 5.73 Å². The van der Waals surface area contributed by atoms with Gasteiger partial charge in [0.1, 0.15) is 0 Å². The molecule has 0 saturated heterocycles. The molecule has 0 amide bonds. The van der Waals surface area contributed by atoms with E-state index in [1.807, 2.05) is 0 Å². The summed E-state index contributed by atoms with van der Waals surface area (Å²) in [5.41, 5.74) is 9.40. The van der Waals surface area contributed by atoms with Crippen LogP contribution in [0.1, 0.15) is 50.2 Å². The summed E-state index contributed by atoms with van der Waals surface area (Å²) >= 11 is 0. The molecule has 0 spiro atoms. The molecule has 1 aromatic carbocycles. The lowest BCUT2D eigenvalue weighted by molar-refractivity contribution is 0.336. The summed E-state index contributed by atoms with van der Waals surface area (Å²) in [6.45, 7) is 2.23. The van der Waals surface area contributed by atoms with Crippen LogP contribution in [0.4, 0.5) is 0 Å². The van der Waals surface area contributed by atoms with Crippen LogP contribution in [0.5, 0.6) is 0 Å². The molecule has 0 aliphatic heterocycles. The fraction of sp³-hybridized carbons (Fsp3) is 0.571. The molecule has 1 nitrogen and oxygen atoms in total. The zero-order chi connectivity index (χ0) is 10.7. The third kappa shape index (κ3) is 2.07. The zero-order valence-corrected chi connectivity index (χ0v) is 9.63. The van der Waals surface area contributed by atoms with E-state index in [1.165, 1.54) is 36.8 Å². The van der Waals surface area contributed by atoms with Gasteiger partial charge in [-0.25, -0.2) is 0 Å². The van der Waals surface area contributed by atoms with Crippen molar-refractivity contribution < 1.29 is 0 Å². The van der Waals surface area contributed by atoms with Gasteiger partial charge in [-0.15, -0.1) is 0 Å². The van der Waals surface area contributed by atoms with E-state index in [0.717, 1.165) is 12.8 Å². The van der Waals surface area contributed by atoms with Crippen LogP contribution >= 0.6 is 0 Å². The summed E-state index contributed by atoms with van der Waals surface area (Å²) in [5.74, 6) is 0. The quantitative estimate of drug-likeness (QED) is 0.801. The lowest BCUT2D eigenvalue weighted by Crippen LogP contribution is -2.39. The molecule has 82 valence electrons. The van der Waals surface area contributed by atoms with E-state index in [1.54, 1.807) is 0 Å². The Morgan fingerprint density at radius 1 is 1.33 bits per heavy atom. The van der Waals surface area contributed by atoms with Gasteiger partial charge in [-0.3, -0.25) is 0 Å². The molecule has 1 atom stereocenters. The van der Waals surface area contributed by atoms with E-state index in [2.05, 4.69) is 31.2 Å². The Balaban J connectivity index is 2.27. The number of hydrogen-bond acceptors (Lipinski definition) is 1. The maximum atomic E-state index is 6.56. The van der Waals surface area contributed by atoms with Crippen molar-refractivity contribution in [2.24, 2.45) is 5.73 Å². The van der Waals surface area contributed by atoms with Gasteiger partial charge in [0.2, 0.25) is 0 Å². The second-order valence-electron chi connectivity index (χ2n) is 4.77. The van der Waals surface area contributed by atoms with Crippen molar-refractivity contribution in [3.05, 3.63) is 35.4 Å². The highest BCUT2D eigenvalue weighted by molar-refractivity contribution is 5.35. The summed E-state index contributed by atoms with van der Waals surface area (Å²) in [5, 5.41) is 0. The van der Waals surface area contributed by atoms with Crippen LogP contribution < -0.4 is 5.73 Å². The molecule has 0 fully saturated rings. The van der Waals surface area contributed by atoms with Gasteiger partial charge >= 0.3 is 0 Å². The van der Waals surface area contributed by atoms with Crippen molar-refractivity contribution in [3.8, 4) is 0 Å². The summed E-state index contributed by atoms with van der Waals surface area (Å²) in [4.78, 5) is 0. The predicted octanol–water partition coefficient (Wildman–Crippen LogP) is 3.37. The number of nitrogens with two attached hydrogens (primary N) is 1. The molecule has 15 heavy (non-hydrogen) atoms. The average molecular weight is 203 g/mol. The first kappa shape index (κ1) is 10.7. The largest absolute Gasteiger partial charge is 0.321 e. The van der Waals surface area contributed by atoms with Crippen molar-refractivity contribution in [1.82, 2.24) is 0 Å². The van der Waals surface area contributed by atoms with Gasteiger partial charge in [-0.2, -0.15) is 0 Å². The first-order valence-electron chi connectivity index (χ1n) is 6.13. The van der Waals surface area contributed by atoms with Gasteiger partial charge in [0, 0.05) is 5.54 Å². The molecular formula is C14H21N. The minimum absolute atomic E-state index is 0.0369. The fourth-order valence-electron chi connectivity index (χ4n) is 2.70. The normalized spacial score (nSPS) is 24.9. The number of fused-ring (bicyclic) bond motifs is 1. The van der Waals surface area contributed by atoms with E-state index in [0.29, 0.717) is 0 Å². The minimum atomic E-state index is -0.0369. The summed E-state index contributed by atoms with van der Waals surface area (Å²) in [7, 11) is 0. The molecule has 1 heteroatoms. The number of benzene rings is 1. The Morgan fingerprint density at radius 2 is 2.13 bits per heavy atom. The summed E-state index contributed by atoms with van der Waals surface area (Å²) in [6.07, 6.45) is 7.23. The van der Waals surface area contributed by atoms with Gasteiger partial charge in [0.05, 0.1) is 0 Å². The average Bonchev–Trinajstić information content (AvgIpc) is 2.27. The highest BCUT2D eigenvalue weighted by atomic mass is 14.7. The first-order valence-corrected chi connectivity index (χ1v) is 6.13. The van der Waals surface area contributed by atoms with Gasteiger partial charge in [-0.05, 0) is 36.8 Å². The Bertz CT molecular complexity index is 332. The van der Waals surface area contributed by atoms with Crippen LogP contribution in [0, 0.1) is 0 Å². The first-order chi connectivity index (χ1) is 7.26. The maximum Gasteiger partial charge on any atom is 0.0412 e. The molecule has 1 unspecified atom stereocenters. The van der Waals surface area contributed by atoms with E-state index in [4.69, 9.17) is 5.73 Å². The molecule has 0 bridgehead atoms. The zero-order valence-electron chi connectivity index (χ0n) is 9.63. The van der Waals surface area contributed by atoms with Gasteiger partial charge in [0.25, 0.3) is 0 Å². The van der Waals surface area contributed by atoms with Crippen LogP contribution in [-0.2, 0) is 12.0 Å². The Morgan fingerprint density at radius 3 is 2.93 bits per heavy atom. The predicted molar refractivity (Wildman–Crippen MR) is 64.8 cm³/mol. The van der Waals surface area contributed by atoms with Crippen LogP contribution in [0.15, 0.2) is 24.3 Å². The standard InChI is InChI=1S/C14H21N/c1-2-3-10-14(15)11-6-8-12-7-4-5-9-13(12)14/h4-5,7,9H,2-3,6,8,10-11,15H2,1H3. The molecule has 1 aromatic rings. The highest BCUT2D eigenvalue weighted by Crippen LogP contribution is 2.36. The number of rotatable bonds is 3. The summed E-state index contributed by atoms with van der Waals surface area (Å²) in [6, 6.07) is 8.72. The van der Waals surface area contributed by atoms with Crippen LogP contribution in [0.25, 0.3) is 0 Å². The number of aryl methyl sites for hydroxylation is 1. The molecule has 1 aliphatic rings. The minimum Gasteiger partial charge on any atom is -0.321 e. The van der Waals surface area contributed by atoms with Crippen molar-refractivity contribution in [3.63, 3.8) is 0 Å². The lowest BCUT2D eigenvalue weighted by atomic mass is 9.74. The van der Waals surface area contributed by atoms with Gasteiger partial charge in [0.15, 0.2) is 0 Å². The monoisotopic (exact) mass is 203 g/mol. The molecule has 1 aliphatic carbocycles. The SMILES string of the molecule is CCCCC1(N)CCCc2ccccc21. The van der Waals surface area contributed by atoms with Crippen molar-refractivity contribution in [2.75, 3.05) is 0 Å². The van der Waals surface area contributed by atoms with E-state index in [-0.39, 0.29) is 5.54 Å². The molecule has 0 aromatic heterocycles. The Labute approximate surface area is 92.7 Å². The van der Waals surface area contributed by atoms with Crippen molar-refractivity contribution in [2.45, 2.75) is 51.0 Å². The Kier molecular flexibility index (Phi) is 3.11. The van der Waals surface area contributed by atoms with Crippen LogP contribution in [0.2, 0.25) is 0 Å². The van der Waals surface area contributed by atoms with E-state index in [9.17, 15) is 0 Å². The molecule has 0 saturated carbocycles. The highest BCUT2D eigenvalue weighted by Gasteiger charge is 2.31. The van der Waals surface area contributed by atoms with E-state index < -0.39 is 0 Å². The molecule has 0 radical (unpaired) electrons. The topological polar surface area (TPSA) is 26.0 Å². The fourth-order valence-corrected chi connectivity index (χ4v) is 2.70. The van der Waals surface area contributed by atoms with Crippen molar-refractivity contribution >= 4 is 0 Å². The maximum absolute atomic E-state index is 6.56. The summed E-state index contributed by atoms with van der Waals surface area (Å²) < 4.78 is 0. The third-order valence-electron chi connectivity index (χ3n) is 3.60. The Hall–Kier alpha value is -0.820. The molecular weight excluding hydrogens is 182 g/mol. The molecule has 2 rings (SSSR count). The molecule has 0 heterocycles. The second kappa shape index (κ2) is 4.36. The number of hydrogen-bond donors (Lipinski definition) is 1. The second-order valence-corrected chi connectivity index (χ2v) is 4.77. The third-order valence-corrected chi connectivity index (χ3v) is 3.60.